The first-order valence-corrected chi connectivity index (χ1v) is 5.98. The molecule has 0 saturated carbocycles. The zero-order valence-electron chi connectivity index (χ0n) is 10.6. The molecule has 0 aliphatic carbocycles. The van der Waals surface area contributed by atoms with Crippen molar-refractivity contribution in [3.05, 3.63) is 5.89 Å². The molecule has 2 N–H and O–H groups in total. The lowest BCUT2D eigenvalue weighted by atomic mass is 10.2. The van der Waals surface area contributed by atoms with Crippen LogP contribution in [0.5, 0.6) is 0 Å². The number of hydrogen-bond donors (Lipinski definition) is 2. The van der Waals surface area contributed by atoms with Crippen LogP contribution in [0.4, 0.5) is 6.01 Å². The molecule has 92 valence electrons. The third kappa shape index (κ3) is 4.18. The van der Waals surface area contributed by atoms with Gasteiger partial charge in [0.05, 0.1) is 6.54 Å². The molecule has 1 heterocycles. The van der Waals surface area contributed by atoms with Gasteiger partial charge in [0.1, 0.15) is 0 Å². The van der Waals surface area contributed by atoms with Gasteiger partial charge in [-0.15, -0.1) is 5.10 Å². The standard InChI is InChI=1S/C11H22N4O/c1-5-9(6-2)13-11-15-14-10(16-11)7-12-8(3)4/h8-9,12H,5-7H2,1-4H3,(H,13,15). The topological polar surface area (TPSA) is 63.0 Å². The number of hydrogen-bond acceptors (Lipinski definition) is 5. The van der Waals surface area contributed by atoms with Crippen LogP contribution in [0.1, 0.15) is 46.4 Å². The molecule has 1 rings (SSSR count). The second kappa shape index (κ2) is 6.48. The number of aromatic nitrogens is 2. The van der Waals surface area contributed by atoms with Crippen LogP contribution in [0.3, 0.4) is 0 Å². The van der Waals surface area contributed by atoms with Crippen molar-refractivity contribution in [3.63, 3.8) is 0 Å². The van der Waals surface area contributed by atoms with Gasteiger partial charge in [-0.2, -0.15) is 0 Å². The summed E-state index contributed by atoms with van der Waals surface area (Å²) >= 11 is 0. The summed E-state index contributed by atoms with van der Waals surface area (Å²) in [4.78, 5) is 0. The molecule has 0 bridgehead atoms. The Balaban J connectivity index is 2.44. The second-order valence-electron chi connectivity index (χ2n) is 4.19. The van der Waals surface area contributed by atoms with Crippen LogP contribution in [-0.2, 0) is 6.54 Å². The quantitative estimate of drug-likeness (QED) is 0.746. The van der Waals surface area contributed by atoms with Crippen molar-refractivity contribution in [1.82, 2.24) is 15.5 Å². The average Bonchev–Trinajstić information content (AvgIpc) is 2.70. The molecule has 0 radical (unpaired) electrons. The maximum Gasteiger partial charge on any atom is 0.315 e. The molecule has 0 amide bonds. The maximum absolute atomic E-state index is 5.47. The minimum absolute atomic E-state index is 0.409. The largest absolute Gasteiger partial charge is 0.407 e. The minimum atomic E-state index is 0.409. The Labute approximate surface area is 97.0 Å². The lowest BCUT2D eigenvalue weighted by Crippen LogP contribution is -2.21. The molecule has 1 aromatic heterocycles. The molecular formula is C11H22N4O. The first-order chi connectivity index (χ1) is 7.65. The zero-order valence-corrected chi connectivity index (χ0v) is 10.6. The van der Waals surface area contributed by atoms with Gasteiger partial charge in [0, 0.05) is 12.1 Å². The summed E-state index contributed by atoms with van der Waals surface area (Å²) in [5, 5.41) is 14.4. The third-order valence-corrected chi connectivity index (χ3v) is 2.44. The Bertz CT molecular complexity index is 294. The van der Waals surface area contributed by atoms with Crippen molar-refractivity contribution in [1.29, 1.82) is 0 Å². The number of nitrogens with one attached hydrogen (secondary N) is 2. The molecule has 0 spiro atoms. The molecule has 0 unspecified atom stereocenters. The van der Waals surface area contributed by atoms with Crippen molar-refractivity contribution >= 4 is 6.01 Å². The smallest absolute Gasteiger partial charge is 0.315 e. The lowest BCUT2D eigenvalue weighted by Gasteiger charge is -2.11. The Hall–Kier alpha value is -1.10. The fraction of sp³-hybridized carbons (Fsp3) is 0.818. The molecule has 0 atom stereocenters. The van der Waals surface area contributed by atoms with E-state index in [9.17, 15) is 0 Å². The van der Waals surface area contributed by atoms with Gasteiger partial charge in [-0.3, -0.25) is 0 Å². The molecule has 5 nitrogen and oxygen atoms in total. The van der Waals surface area contributed by atoms with Gasteiger partial charge in [0.25, 0.3) is 0 Å². The molecule has 0 aliphatic rings. The van der Waals surface area contributed by atoms with Crippen LogP contribution in [-0.4, -0.2) is 22.3 Å². The highest BCUT2D eigenvalue weighted by Gasteiger charge is 2.09. The van der Waals surface area contributed by atoms with E-state index < -0.39 is 0 Å². The van der Waals surface area contributed by atoms with Crippen LogP contribution in [0.2, 0.25) is 0 Å². The number of anilines is 1. The molecule has 5 heteroatoms. The summed E-state index contributed by atoms with van der Waals surface area (Å²) < 4.78 is 5.47. The highest BCUT2D eigenvalue weighted by atomic mass is 16.4. The van der Waals surface area contributed by atoms with Crippen molar-refractivity contribution < 1.29 is 4.42 Å². The molecule has 0 fully saturated rings. The molecule has 0 aromatic carbocycles. The van der Waals surface area contributed by atoms with E-state index >= 15 is 0 Å². The second-order valence-corrected chi connectivity index (χ2v) is 4.19. The van der Waals surface area contributed by atoms with Crippen LogP contribution in [0.15, 0.2) is 4.42 Å². The van der Waals surface area contributed by atoms with Crippen molar-refractivity contribution in [2.45, 2.75) is 59.2 Å². The highest BCUT2D eigenvalue weighted by Crippen LogP contribution is 2.10. The van der Waals surface area contributed by atoms with Gasteiger partial charge in [-0.1, -0.05) is 32.8 Å². The van der Waals surface area contributed by atoms with Crippen LogP contribution < -0.4 is 10.6 Å². The number of rotatable bonds is 7. The normalized spacial score (nSPS) is 11.4. The highest BCUT2D eigenvalue weighted by molar-refractivity contribution is 5.19. The molecule has 16 heavy (non-hydrogen) atoms. The van der Waals surface area contributed by atoms with Crippen LogP contribution in [0.25, 0.3) is 0 Å². The fourth-order valence-corrected chi connectivity index (χ4v) is 1.34. The SMILES string of the molecule is CCC(CC)Nc1nnc(CNC(C)C)o1. The van der Waals surface area contributed by atoms with Crippen molar-refractivity contribution in [3.8, 4) is 0 Å². The van der Waals surface area contributed by atoms with E-state index in [2.05, 4.69) is 48.5 Å². The van der Waals surface area contributed by atoms with Gasteiger partial charge < -0.3 is 15.1 Å². The summed E-state index contributed by atoms with van der Waals surface area (Å²) in [6, 6.07) is 1.35. The van der Waals surface area contributed by atoms with E-state index in [1.54, 1.807) is 0 Å². The van der Waals surface area contributed by atoms with E-state index in [-0.39, 0.29) is 0 Å². The minimum Gasteiger partial charge on any atom is -0.407 e. The van der Waals surface area contributed by atoms with E-state index in [1.165, 1.54) is 0 Å². The molecule has 0 aliphatic heterocycles. The first-order valence-electron chi connectivity index (χ1n) is 5.98. The van der Waals surface area contributed by atoms with Crippen molar-refractivity contribution in [2.24, 2.45) is 0 Å². The van der Waals surface area contributed by atoms with Crippen molar-refractivity contribution in [2.75, 3.05) is 5.32 Å². The molecule has 0 saturated heterocycles. The van der Waals surface area contributed by atoms with Gasteiger partial charge in [0.15, 0.2) is 0 Å². The van der Waals surface area contributed by atoms with Gasteiger partial charge in [-0.05, 0) is 12.8 Å². The summed E-state index contributed by atoms with van der Waals surface area (Å²) in [5.41, 5.74) is 0. The summed E-state index contributed by atoms with van der Waals surface area (Å²) in [6.45, 7) is 9.06. The lowest BCUT2D eigenvalue weighted by molar-refractivity contribution is 0.453. The maximum atomic E-state index is 5.47. The zero-order chi connectivity index (χ0) is 12.0. The predicted molar refractivity (Wildman–Crippen MR) is 64.3 cm³/mol. The Kier molecular flexibility index (Phi) is 5.25. The third-order valence-electron chi connectivity index (χ3n) is 2.44. The summed E-state index contributed by atoms with van der Waals surface area (Å²) in [6.07, 6.45) is 2.11. The van der Waals surface area contributed by atoms with E-state index in [0.717, 1.165) is 12.8 Å². The summed E-state index contributed by atoms with van der Waals surface area (Å²) in [5.74, 6) is 0.627. The summed E-state index contributed by atoms with van der Waals surface area (Å²) in [7, 11) is 0. The van der Waals surface area contributed by atoms with E-state index in [0.29, 0.717) is 30.5 Å². The van der Waals surface area contributed by atoms with Gasteiger partial charge in [-0.25, -0.2) is 0 Å². The molecular weight excluding hydrogens is 204 g/mol. The Morgan fingerprint density at radius 2 is 1.88 bits per heavy atom. The first kappa shape index (κ1) is 13.0. The van der Waals surface area contributed by atoms with Crippen LogP contribution >= 0.6 is 0 Å². The van der Waals surface area contributed by atoms with Gasteiger partial charge in [0.2, 0.25) is 5.89 Å². The number of nitrogens with zero attached hydrogens (tertiary/aromatic N) is 2. The van der Waals surface area contributed by atoms with E-state index in [1.807, 2.05) is 0 Å². The van der Waals surface area contributed by atoms with Gasteiger partial charge >= 0.3 is 6.01 Å². The monoisotopic (exact) mass is 226 g/mol. The van der Waals surface area contributed by atoms with Crippen LogP contribution in [0, 0.1) is 0 Å². The average molecular weight is 226 g/mol. The Morgan fingerprint density at radius 1 is 1.19 bits per heavy atom. The fourth-order valence-electron chi connectivity index (χ4n) is 1.34. The van der Waals surface area contributed by atoms with E-state index in [4.69, 9.17) is 4.42 Å². The Morgan fingerprint density at radius 3 is 2.44 bits per heavy atom. The predicted octanol–water partition coefficient (Wildman–Crippen LogP) is 2.17. The molecule has 1 aromatic rings.